The Hall–Kier alpha value is -1.59. The molecule has 0 unspecified atom stereocenters. The first-order valence-corrected chi connectivity index (χ1v) is 9.28. The lowest BCUT2D eigenvalue weighted by Crippen LogP contribution is -2.39. The molecule has 138 valence electrons. The number of carboxylic acids is 1. The molecule has 3 N–H and O–H groups in total. The fraction of sp³-hybridized carbons (Fsp3) is 0.833. The van der Waals surface area contributed by atoms with Gasteiger partial charge in [-0.2, -0.15) is 0 Å². The standard InChI is InChI=1S/C18H32N2O4/c1-14(20-18(24)15-9-6-7-10-15)13-16(21)19-12-8-4-2-3-5-11-17(22)23/h14-15H,2-13H2,1H3,(H,19,21)(H,20,24)(H,22,23)/t14-/m0/s1. The number of amides is 2. The molecular weight excluding hydrogens is 308 g/mol. The van der Waals surface area contributed by atoms with E-state index in [1.807, 2.05) is 6.92 Å². The molecule has 2 amide bonds. The summed E-state index contributed by atoms with van der Waals surface area (Å²) in [5.74, 6) is -0.540. The Morgan fingerprint density at radius 2 is 1.67 bits per heavy atom. The van der Waals surface area contributed by atoms with Crippen molar-refractivity contribution in [2.45, 2.75) is 83.6 Å². The third kappa shape index (κ3) is 9.53. The molecule has 1 fully saturated rings. The van der Waals surface area contributed by atoms with Gasteiger partial charge in [0, 0.05) is 31.3 Å². The second kappa shape index (κ2) is 11.9. The molecule has 1 atom stereocenters. The Morgan fingerprint density at radius 1 is 1.04 bits per heavy atom. The minimum atomic E-state index is -0.739. The van der Waals surface area contributed by atoms with E-state index in [4.69, 9.17) is 5.11 Å². The first-order chi connectivity index (χ1) is 11.5. The molecular formula is C18H32N2O4. The quantitative estimate of drug-likeness (QED) is 0.476. The van der Waals surface area contributed by atoms with Gasteiger partial charge in [0.15, 0.2) is 0 Å². The highest BCUT2D eigenvalue weighted by Gasteiger charge is 2.24. The molecule has 0 aromatic carbocycles. The molecule has 0 spiro atoms. The van der Waals surface area contributed by atoms with Crippen molar-refractivity contribution in [1.82, 2.24) is 10.6 Å². The summed E-state index contributed by atoms with van der Waals surface area (Å²) in [6.45, 7) is 2.51. The molecule has 0 heterocycles. The number of carbonyl (C=O) groups excluding carboxylic acids is 2. The van der Waals surface area contributed by atoms with Crippen molar-refractivity contribution in [3.8, 4) is 0 Å². The van der Waals surface area contributed by atoms with Gasteiger partial charge in [-0.3, -0.25) is 14.4 Å². The normalized spacial score (nSPS) is 15.9. The zero-order valence-electron chi connectivity index (χ0n) is 14.8. The lowest BCUT2D eigenvalue weighted by atomic mass is 10.1. The van der Waals surface area contributed by atoms with Crippen molar-refractivity contribution < 1.29 is 19.5 Å². The number of aliphatic carboxylic acids is 1. The fourth-order valence-electron chi connectivity index (χ4n) is 3.11. The van der Waals surface area contributed by atoms with E-state index in [-0.39, 0.29) is 30.2 Å². The van der Waals surface area contributed by atoms with Gasteiger partial charge >= 0.3 is 5.97 Å². The first-order valence-electron chi connectivity index (χ1n) is 9.28. The molecule has 0 aromatic rings. The van der Waals surface area contributed by atoms with Crippen LogP contribution in [0, 0.1) is 5.92 Å². The van der Waals surface area contributed by atoms with Crippen molar-refractivity contribution >= 4 is 17.8 Å². The molecule has 6 heteroatoms. The topological polar surface area (TPSA) is 95.5 Å². The summed E-state index contributed by atoms with van der Waals surface area (Å²) in [4.78, 5) is 34.2. The molecule has 1 aliphatic rings. The first kappa shape index (κ1) is 20.5. The van der Waals surface area contributed by atoms with Crippen LogP contribution in [0.15, 0.2) is 0 Å². The smallest absolute Gasteiger partial charge is 0.303 e. The van der Waals surface area contributed by atoms with Crippen LogP contribution >= 0.6 is 0 Å². The van der Waals surface area contributed by atoms with Crippen molar-refractivity contribution in [3.63, 3.8) is 0 Å². The van der Waals surface area contributed by atoms with Gasteiger partial charge in [0.2, 0.25) is 11.8 Å². The summed E-state index contributed by atoms with van der Waals surface area (Å²) in [7, 11) is 0. The summed E-state index contributed by atoms with van der Waals surface area (Å²) in [6.07, 6.45) is 9.29. The van der Waals surface area contributed by atoms with Gasteiger partial charge in [-0.1, -0.05) is 32.1 Å². The molecule has 24 heavy (non-hydrogen) atoms. The molecule has 0 aromatic heterocycles. The maximum absolute atomic E-state index is 12.0. The van der Waals surface area contributed by atoms with Gasteiger partial charge in [-0.05, 0) is 32.6 Å². The lowest BCUT2D eigenvalue weighted by molar-refractivity contribution is -0.137. The zero-order chi connectivity index (χ0) is 17.8. The predicted molar refractivity (Wildman–Crippen MR) is 92.5 cm³/mol. The van der Waals surface area contributed by atoms with E-state index in [0.717, 1.165) is 57.8 Å². The van der Waals surface area contributed by atoms with Gasteiger partial charge in [-0.15, -0.1) is 0 Å². The molecule has 0 radical (unpaired) electrons. The Kier molecular flexibility index (Phi) is 10.1. The molecule has 6 nitrogen and oxygen atoms in total. The van der Waals surface area contributed by atoms with Crippen LogP contribution in [0.5, 0.6) is 0 Å². The summed E-state index contributed by atoms with van der Waals surface area (Å²) < 4.78 is 0. The molecule has 0 saturated heterocycles. The largest absolute Gasteiger partial charge is 0.481 e. The maximum Gasteiger partial charge on any atom is 0.303 e. The van der Waals surface area contributed by atoms with E-state index in [2.05, 4.69) is 10.6 Å². The molecule has 1 aliphatic carbocycles. The second-order valence-electron chi connectivity index (χ2n) is 6.86. The number of nitrogens with one attached hydrogen (secondary N) is 2. The van der Waals surface area contributed by atoms with Gasteiger partial charge < -0.3 is 15.7 Å². The highest BCUT2D eigenvalue weighted by molar-refractivity contribution is 5.81. The maximum atomic E-state index is 12.0. The van der Waals surface area contributed by atoms with Gasteiger partial charge in [-0.25, -0.2) is 0 Å². The van der Waals surface area contributed by atoms with Crippen molar-refractivity contribution in [2.75, 3.05) is 6.54 Å². The number of hydrogen-bond donors (Lipinski definition) is 3. The number of rotatable bonds is 12. The Labute approximate surface area is 144 Å². The summed E-state index contributed by atoms with van der Waals surface area (Å²) in [6, 6.07) is -0.130. The third-order valence-electron chi connectivity index (χ3n) is 4.50. The van der Waals surface area contributed by atoms with Crippen LogP contribution in [0.1, 0.15) is 77.6 Å². The highest BCUT2D eigenvalue weighted by atomic mass is 16.4. The highest BCUT2D eigenvalue weighted by Crippen LogP contribution is 2.24. The average molecular weight is 340 g/mol. The van der Waals surface area contributed by atoms with Crippen LogP contribution in [0.3, 0.4) is 0 Å². The molecule has 0 aliphatic heterocycles. The van der Waals surface area contributed by atoms with Crippen LogP contribution in [-0.4, -0.2) is 35.5 Å². The number of carbonyl (C=O) groups is 3. The van der Waals surface area contributed by atoms with E-state index in [1.165, 1.54) is 0 Å². The predicted octanol–water partition coefficient (Wildman–Crippen LogP) is 2.61. The molecule has 1 rings (SSSR count). The minimum Gasteiger partial charge on any atom is -0.481 e. The Balaban J connectivity index is 1.98. The Bertz CT molecular complexity index is 406. The van der Waals surface area contributed by atoms with Crippen molar-refractivity contribution in [2.24, 2.45) is 5.92 Å². The van der Waals surface area contributed by atoms with Crippen LogP contribution < -0.4 is 10.6 Å². The van der Waals surface area contributed by atoms with E-state index < -0.39 is 5.97 Å². The van der Waals surface area contributed by atoms with E-state index in [1.54, 1.807) is 0 Å². The number of hydrogen-bond acceptors (Lipinski definition) is 3. The second-order valence-corrected chi connectivity index (χ2v) is 6.86. The SMILES string of the molecule is C[C@@H](CC(=O)NCCCCCCCC(=O)O)NC(=O)C1CCCC1. The van der Waals surface area contributed by atoms with E-state index in [0.29, 0.717) is 13.0 Å². The summed E-state index contributed by atoms with van der Waals surface area (Å²) in [5.41, 5.74) is 0. The minimum absolute atomic E-state index is 0.0277. The third-order valence-corrected chi connectivity index (χ3v) is 4.50. The molecule has 1 saturated carbocycles. The van der Waals surface area contributed by atoms with Crippen LogP contribution in [-0.2, 0) is 14.4 Å². The number of unbranched alkanes of at least 4 members (excludes halogenated alkanes) is 4. The summed E-state index contributed by atoms with van der Waals surface area (Å²) >= 11 is 0. The van der Waals surface area contributed by atoms with Crippen LogP contribution in [0.4, 0.5) is 0 Å². The summed E-state index contributed by atoms with van der Waals surface area (Å²) in [5, 5.41) is 14.3. The van der Waals surface area contributed by atoms with Crippen molar-refractivity contribution in [3.05, 3.63) is 0 Å². The molecule has 0 bridgehead atoms. The van der Waals surface area contributed by atoms with Crippen LogP contribution in [0.2, 0.25) is 0 Å². The van der Waals surface area contributed by atoms with Gasteiger partial charge in [0.05, 0.1) is 0 Å². The number of carboxylic acid groups (broad SMARTS) is 1. The van der Waals surface area contributed by atoms with E-state index in [9.17, 15) is 14.4 Å². The zero-order valence-corrected chi connectivity index (χ0v) is 14.8. The fourth-order valence-corrected chi connectivity index (χ4v) is 3.11. The van der Waals surface area contributed by atoms with Gasteiger partial charge in [0.25, 0.3) is 0 Å². The van der Waals surface area contributed by atoms with Crippen LogP contribution in [0.25, 0.3) is 0 Å². The average Bonchev–Trinajstić information content (AvgIpc) is 3.03. The monoisotopic (exact) mass is 340 g/mol. The van der Waals surface area contributed by atoms with Crippen molar-refractivity contribution in [1.29, 1.82) is 0 Å². The van der Waals surface area contributed by atoms with Gasteiger partial charge in [0.1, 0.15) is 0 Å². The Morgan fingerprint density at radius 3 is 2.33 bits per heavy atom. The van der Waals surface area contributed by atoms with E-state index >= 15 is 0 Å². The lowest BCUT2D eigenvalue weighted by Gasteiger charge is -2.16.